The number of fused-ring (bicyclic) bond motifs is 2. The van der Waals surface area contributed by atoms with Crippen molar-refractivity contribution in [1.82, 2.24) is 4.98 Å². The Morgan fingerprint density at radius 1 is 1.04 bits per heavy atom. The van der Waals surface area contributed by atoms with E-state index < -0.39 is 0 Å². The summed E-state index contributed by atoms with van der Waals surface area (Å²) in [5, 5.41) is 4.30. The third-order valence-electron chi connectivity index (χ3n) is 4.38. The van der Waals surface area contributed by atoms with E-state index in [1.165, 1.54) is 0 Å². The lowest BCUT2D eigenvalue weighted by Gasteiger charge is -2.08. The van der Waals surface area contributed by atoms with Crippen molar-refractivity contribution in [3.05, 3.63) is 71.2 Å². The third-order valence-corrected chi connectivity index (χ3v) is 5.78. The van der Waals surface area contributed by atoms with Crippen molar-refractivity contribution in [2.75, 3.05) is 12.1 Å². The van der Waals surface area contributed by atoms with Crippen LogP contribution in [0.15, 0.2) is 60.7 Å². The number of para-hydroxylation sites is 1. The Kier molecular flexibility index (Phi) is 4.15. The van der Waals surface area contributed by atoms with Gasteiger partial charge in [-0.15, -0.1) is 11.3 Å². The predicted molar refractivity (Wildman–Crippen MR) is 111 cm³/mol. The Morgan fingerprint density at radius 2 is 1.89 bits per heavy atom. The van der Waals surface area contributed by atoms with E-state index in [1.54, 1.807) is 41.7 Å². The van der Waals surface area contributed by atoms with Crippen LogP contribution >= 0.6 is 22.9 Å². The summed E-state index contributed by atoms with van der Waals surface area (Å²) < 4.78 is 11.7. The van der Waals surface area contributed by atoms with E-state index in [0.29, 0.717) is 27.8 Å². The van der Waals surface area contributed by atoms with Gasteiger partial charge in [0.25, 0.3) is 5.91 Å². The molecule has 0 radical (unpaired) electrons. The molecular weight excluding hydrogens is 396 g/mol. The molecule has 0 saturated carbocycles. The minimum atomic E-state index is -0.240. The molecule has 0 unspecified atom stereocenters. The molecule has 7 heteroatoms. The summed E-state index contributed by atoms with van der Waals surface area (Å²) in [4.78, 5) is 17.3. The fraction of sp³-hybridized carbons (Fsp3) is 0.0476. The zero-order valence-electron chi connectivity index (χ0n) is 14.4. The van der Waals surface area contributed by atoms with Crippen molar-refractivity contribution in [3.63, 3.8) is 0 Å². The highest BCUT2D eigenvalue weighted by Crippen LogP contribution is 2.36. The minimum absolute atomic E-state index is 0.170. The molecule has 0 atom stereocenters. The highest BCUT2D eigenvalue weighted by molar-refractivity contribution is 7.21. The van der Waals surface area contributed by atoms with Gasteiger partial charge in [0.05, 0.1) is 15.2 Å². The molecule has 2 heterocycles. The zero-order chi connectivity index (χ0) is 19.1. The largest absolute Gasteiger partial charge is 0.454 e. The van der Waals surface area contributed by atoms with Gasteiger partial charge in [-0.1, -0.05) is 23.7 Å². The number of aromatic nitrogens is 1. The van der Waals surface area contributed by atoms with Crippen molar-refractivity contribution in [3.8, 4) is 22.1 Å². The SMILES string of the molecule is O=C(Nc1ccc(Cl)c(-c2nc3ccccc3s2)c1)c1ccc2c(c1)OCO2. The molecule has 5 rings (SSSR count). The van der Waals surface area contributed by atoms with E-state index in [1.807, 2.05) is 30.3 Å². The number of nitrogens with one attached hydrogen (secondary N) is 1. The Balaban J connectivity index is 1.44. The minimum Gasteiger partial charge on any atom is -0.454 e. The predicted octanol–water partition coefficient (Wildman–Crippen LogP) is 5.60. The van der Waals surface area contributed by atoms with Gasteiger partial charge in [-0.05, 0) is 48.5 Å². The van der Waals surface area contributed by atoms with Crippen molar-refractivity contribution in [2.24, 2.45) is 0 Å². The van der Waals surface area contributed by atoms with E-state index in [2.05, 4.69) is 10.3 Å². The maximum Gasteiger partial charge on any atom is 0.255 e. The summed E-state index contributed by atoms with van der Waals surface area (Å²) in [6.07, 6.45) is 0. The molecule has 1 aromatic heterocycles. The quantitative estimate of drug-likeness (QED) is 0.479. The molecule has 0 spiro atoms. The number of carbonyl (C=O) groups excluding carboxylic acids is 1. The van der Waals surface area contributed by atoms with Gasteiger partial charge in [-0.25, -0.2) is 4.98 Å². The number of benzene rings is 3. The van der Waals surface area contributed by atoms with Crippen molar-refractivity contribution >= 4 is 44.7 Å². The summed E-state index contributed by atoms with van der Waals surface area (Å²) >= 11 is 7.96. The highest BCUT2D eigenvalue weighted by atomic mass is 35.5. The topological polar surface area (TPSA) is 60.5 Å². The molecule has 28 heavy (non-hydrogen) atoms. The van der Waals surface area contributed by atoms with Crippen molar-refractivity contribution in [2.45, 2.75) is 0 Å². The van der Waals surface area contributed by atoms with Gasteiger partial charge in [0.1, 0.15) is 5.01 Å². The Hall–Kier alpha value is -3.09. The van der Waals surface area contributed by atoms with Gasteiger partial charge in [0, 0.05) is 16.8 Å². The van der Waals surface area contributed by atoms with Crippen LogP contribution in [0.3, 0.4) is 0 Å². The van der Waals surface area contributed by atoms with Crippen molar-refractivity contribution in [1.29, 1.82) is 0 Å². The van der Waals surface area contributed by atoms with Crippen LogP contribution in [0.1, 0.15) is 10.4 Å². The smallest absolute Gasteiger partial charge is 0.255 e. The summed E-state index contributed by atoms with van der Waals surface area (Å²) in [6, 6.07) is 18.4. The van der Waals surface area contributed by atoms with Crippen LogP contribution in [-0.4, -0.2) is 17.7 Å². The number of amides is 1. The molecule has 1 N–H and O–H groups in total. The van der Waals surface area contributed by atoms with E-state index in [-0.39, 0.29) is 12.7 Å². The number of nitrogens with zero attached hydrogens (tertiary/aromatic N) is 1. The zero-order valence-corrected chi connectivity index (χ0v) is 16.0. The maximum absolute atomic E-state index is 12.6. The molecule has 0 bridgehead atoms. The number of anilines is 1. The van der Waals surface area contributed by atoms with E-state index >= 15 is 0 Å². The Morgan fingerprint density at radius 3 is 2.79 bits per heavy atom. The van der Waals surface area contributed by atoms with Gasteiger partial charge >= 0.3 is 0 Å². The van der Waals surface area contributed by atoms with Crippen LogP contribution in [-0.2, 0) is 0 Å². The van der Waals surface area contributed by atoms with Crippen LogP contribution < -0.4 is 14.8 Å². The first-order chi connectivity index (χ1) is 13.7. The summed E-state index contributed by atoms with van der Waals surface area (Å²) in [7, 11) is 0. The molecule has 1 aliphatic heterocycles. The molecular formula is C21H13ClN2O3S. The van der Waals surface area contributed by atoms with Crippen LogP contribution in [0.5, 0.6) is 11.5 Å². The number of rotatable bonds is 3. The standard InChI is InChI=1S/C21H13ClN2O3S/c22-15-7-6-13(10-14(15)21-24-16-3-1-2-4-19(16)28-21)23-20(25)12-5-8-17-18(9-12)27-11-26-17/h1-10H,11H2,(H,23,25). The summed E-state index contributed by atoms with van der Waals surface area (Å²) in [5.74, 6) is 0.968. The Labute approximate surface area is 169 Å². The molecule has 3 aromatic carbocycles. The van der Waals surface area contributed by atoms with Gasteiger partial charge in [-0.2, -0.15) is 0 Å². The van der Waals surface area contributed by atoms with Crippen LogP contribution in [0.25, 0.3) is 20.8 Å². The molecule has 0 saturated heterocycles. The van der Waals surface area contributed by atoms with E-state index in [4.69, 9.17) is 21.1 Å². The molecule has 4 aromatic rings. The van der Waals surface area contributed by atoms with Gasteiger partial charge in [0.15, 0.2) is 11.5 Å². The van der Waals surface area contributed by atoms with Gasteiger partial charge in [0.2, 0.25) is 6.79 Å². The monoisotopic (exact) mass is 408 g/mol. The Bertz CT molecular complexity index is 1190. The normalized spacial score (nSPS) is 12.3. The second-order valence-electron chi connectivity index (χ2n) is 6.20. The second-order valence-corrected chi connectivity index (χ2v) is 7.64. The third kappa shape index (κ3) is 3.06. The number of carbonyl (C=O) groups is 1. The summed E-state index contributed by atoms with van der Waals surface area (Å²) in [6.45, 7) is 0.170. The van der Waals surface area contributed by atoms with Crippen LogP contribution in [0, 0.1) is 0 Å². The fourth-order valence-corrected chi connectivity index (χ4v) is 4.25. The number of hydrogen-bond acceptors (Lipinski definition) is 5. The number of halogens is 1. The average Bonchev–Trinajstić information content (AvgIpc) is 3.35. The fourth-order valence-electron chi connectivity index (χ4n) is 3.00. The first-order valence-electron chi connectivity index (χ1n) is 8.54. The molecule has 5 nitrogen and oxygen atoms in total. The number of thiazole rings is 1. The molecule has 1 aliphatic rings. The first kappa shape index (κ1) is 17.0. The molecule has 138 valence electrons. The molecule has 1 amide bonds. The first-order valence-corrected chi connectivity index (χ1v) is 9.73. The lowest BCUT2D eigenvalue weighted by atomic mass is 10.1. The van der Waals surface area contributed by atoms with Crippen LogP contribution in [0.4, 0.5) is 5.69 Å². The van der Waals surface area contributed by atoms with Gasteiger partial charge in [-0.3, -0.25) is 4.79 Å². The number of ether oxygens (including phenoxy) is 2. The van der Waals surface area contributed by atoms with E-state index in [9.17, 15) is 4.79 Å². The van der Waals surface area contributed by atoms with E-state index in [0.717, 1.165) is 20.8 Å². The number of hydrogen-bond donors (Lipinski definition) is 1. The molecule has 0 fully saturated rings. The lowest BCUT2D eigenvalue weighted by Crippen LogP contribution is -2.11. The summed E-state index contributed by atoms with van der Waals surface area (Å²) in [5.41, 5.74) is 2.83. The highest BCUT2D eigenvalue weighted by Gasteiger charge is 2.17. The molecule has 0 aliphatic carbocycles. The lowest BCUT2D eigenvalue weighted by molar-refractivity contribution is 0.102. The average molecular weight is 409 g/mol. The van der Waals surface area contributed by atoms with Crippen LogP contribution in [0.2, 0.25) is 5.02 Å². The second kappa shape index (κ2) is 6.82. The maximum atomic E-state index is 12.6. The van der Waals surface area contributed by atoms with Crippen molar-refractivity contribution < 1.29 is 14.3 Å². The van der Waals surface area contributed by atoms with Gasteiger partial charge < -0.3 is 14.8 Å².